The van der Waals surface area contributed by atoms with Gasteiger partial charge in [-0.2, -0.15) is 0 Å². The minimum Gasteiger partial charge on any atom is -0.457 e. The lowest BCUT2D eigenvalue weighted by molar-refractivity contribution is 0.421. The van der Waals surface area contributed by atoms with Gasteiger partial charge in [0.05, 0.1) is 0 Å². The van der Waals surface area contributed by atoms with Crippen LogP contribution in [-0.2, 0) is 0 Å². The van der Waals surface area contributed by atoms with Gasteiger partial charge in [0.15, 0.2) is 0 Å². The molecule has 0 aliphatic carbocycles. The molecule has 0 atom stereocenters. The average molecular weight is 1300 g/mol. The monoisotopic (exact) mass is 1300 g/mol. The summed E-state index contributed by atoms with van der Waals surface area (Å²) in [6, 6.07) is 48.2. The van der Waals surface area contributed by atoms with Crippen molar-refractivity contribution in [2.24, 2.45) is 0 Å². The molecule has 10 aromatic rings. The first-order valence-corrected chi connectivity index (χ1v) is 28.3. The first-order chi connectivity index (χ1) is 44.0. The molecule has 0 fully saturated rings. The van der Waals surface area contributed by atoms with Crippen molar-refractivity contribution in [3.8, 4) is 57.5 Å². The van der Waals surface area contributed by atoms with Gasteiger partial charge >= 0.3 is 35.6 Å². The lowest BCUT2D eigenvalue weighted by Gasteiger charge is -2.09. The Labute approximate surface area is 538 Å². The van der Waals surface area contributed by atoms with Gasteiger partial charge in [0, 0.05) is 63.3 Å². The second kappa shape index (κ2) is 34.6. The van der Waals surface area contributed by atoms with Gasteiger partial charge in [-0.25, -0.2) is 26.3 Å². The number of benzene rings is 10. The highest BCUT2D eigenvalue weighted by Gasteiger charge is 2.21. The van der Waals surface area contributed by atoms with Crippen LogP contribution in [0.3, 0.4) is 0 Å². The zero-order valence-electron chi connectivity index (χ0n) is 50.5. The van der Waals surface area contributed by atoms with Crippen molar-refractivity contribution in [2.75, 3.05) is 0 Å². The summed E-state index contributed by atoms with van der Waals surface area (Å²) < 4.78 is 108. The minimum absolute atomic E-state index is 0.144. The molecule has 0 saturated carbocycles. The Bertz CT molecular complexity index is 3780. The van der Waals surface area contributed by atoms with Crippen molar-refractivity contribution in [1.29, 1.82) is 0 Å². The quantitative estimate of drug-likeness (QED) is 0.0340. The third-order valence-electron chi connectivity index (χ3n) is 13.2. The Balaban J connectivity index is 0.000000184. The van der Waals surface area contributed by atoms with Crippen LogP contribution in [0.1, 0.15) is 33.4 Å². The maximum absolute atomic E-state index is 13.5. The molecule has 0 unspecified atom stereocenters. The molecule has 0 aromatic heterocycles. The van der Waals surface area contributed by atoms with Gasteiger partial charge in [-0.1, -0.05) is 78.3 Å². The third kappa shape index (κ3) is 22.7. The maximum Gasteiger partial charge on any atom is 0.491 e. The van der Waals surface area contributed by atoms with Crippen LogP contribution in [0.4, 0.5) is 26.3 Å². The topological polar surface area (TPSA) is 248 Å². The summed E-state index contributed by atoms with van der Waals surface area (Å²) >= 11 is 5.96. The van der Waals surface area contributed by atoms with Crippen molar-refractivity contribution in [3.05, 3.63) is 267 Å². The van der Waals surface area contributed by atoms with Crippen LogP contribution < -0.4 is 51.0 Å². The van der Waals surface area contributed by atoms with Crippen molar-refractivity contribution in [1.82, 2.24) is 0 Å². The molecule has 0 amide bonds. The smallest absolute Gasteiger partial charge is 0.457 e. The van der Waals surface area contributed by atoms with Crippen LogP contribution in [0.2, 0.25) is 5.02 Å². The fraction of sp³-hybridized carbons (Fsp3) is 0.0909. The molecular formula is C66H60B5ClF6O15. The molecule has 10 N–H and O–H groups in total. The molecule has 0 bridgehead atoms. The van der Waals surface area contributed by atoms with E-state index in [4.69, 9.17) is 85.5 Å². The van der Waals surface area contributed by atoms with Gasteiger partial charge in [-0.05, 0) is 171 Å². The minimum atomic E-state index is -1.88. The fourth-order valence-electron chi connectivity index (χ4n) is 8.07. The summed E-state index contributed by atoms with van der Waals surface area (Å²) in [6.07, 6.45) is 0. The van der Waals surface area contributed by atoms with E-state index >= 15 is 0 Å². The van der Waals surface area contributed by atoms with E-state index in [1.54, 1.807) is 86.6 Å². The lowest BCUT2D eigenvalue weighted by atomic mass is 9.77. The molecule has 10 rings (SSSR count). The van der Waals surface area contributed by atoms with Crippen molar-refractivity contribution < 1.29 is 100 Å². The largest absolute Gasteiger partial charge is 0.491 e. The number of rotatable bonds is 15. The van der Waals surface area contributed by atoms with Gasteiger partial charge < -0.3 is 73.9 Å². The Morgan fingerprint density at radius 2 is 0.548 bits per heavy atom. The SMILES string of the molecule is Cc1cc(Oc2cccc(F)c2)ccc1B(O)O.Cc1ccc(Oc2ccc(B(O)O)c(F)c2)cc1C.Cc1ccc(Oc2ccc(B(O)O)c(F)c2)cc1Cl.Cc1ccc(Oc2ccc(B(O)O)c(F)c2)cc1F.Cc1cccc(Oc2ccc(B(O)O)c(F)c2)c1. The summed E-state index contributed by atoms with van der Waals surface area (Å²) in [7, 11) is -8.88. The molecule has 0 saturated heterocycles. The molecule has 27 heteroatoms. The van der Waals surface area contributed by atoms with Crippen LogP contribution in [0.25, 0.3) is 0 Å². The third-order valence-corrected chi connectivity index (χ3v) is 13.7. The maximum atomic E-state index is 13.5. The van der Waals surface area contributed by atoms with Gasteiger partial charge in [0.1, 0.15) is 92.4 Å². The van der Waals surface area contributed by atoms with Gasteiger partial charge in [0.2, 0.25) is 0 Å². The zero-order chi connectivity index (χ0) is 68.2. The Morgan fingerprint density at radius 1 is 0.258 bits per heavy atom. The fourth-order valence-corrected chi connectivity index (χ4v) is 8.24. The average Bonchev–Trinajstić information content (AvgIpc) is 1.17. The Morgan fingerprint density at radius 3 is 0.871 bits per heavy atom. The van der Waals surface area contributed by atoms with E-state index in [0.29, 0.717) is 61.9 Å². The predicted molar refractivity (Wildman–Crippen MR) is 347 cm³/mol. The zero-order valence-corrected chi connectivity index (χ0v) is 51.3. The van der Waals surface area contributed by atoms with Crippen LogP contribution in [0.5, 0.6) is 57.5 Å². The van der Waals surface area contributed by atoms with E-state index in [1.165, 1.54) is 66.7 Å². The Kier molecular flexibility index (Phi) is 27.2. The standard InChI is InChI=1S/C14H14BFO3.C13H11BClFO3.C13H11BF2O3.2C13H12BFO3/c1-9-3-4-11(7-10(9)2)19-12-5-6-13(15(17)18)14(16)8-12;2*1-8-2-3-9(6-12(8)15)19-10-4-5-11(14(17)18)13(16)7-10;1-9-7-12(5-6-13(9)14(16)17)18-11-4-2-3-10(15)8-11;1-9-3-2-4-10(7-9)18-11-5-6-12(14(16)17)13(15)8-11/h3-8,17-18H,1-2H3;2*2-7,17-18H,1H3;2*2-8,16-17H,1H3. The lowest BCUT2D eigenvalue weighted by Crippen LogP contribution is -2.32. The first-order valence-electron chi connectivity index (χ1n) is 27.9. The first kappa shape index (κ1) is 73.1. The molecular weight excluding hydrogens is 1240 g/mol. The highest BCUT2D eigenvalue weighted by Crippen LogP contribution is 2.29. The second-order valence-electron chi connectivity index (χ2n) is 20.5. The van der Waals surface area contributed by atoms with E-state index in [9.17, 15) is 26.3 Å². The summed E-state index contributed by atoms with van der Waals surface area (Å²) in [5.74, 6) is 0.0942. The number of hydrogen-bond acceptors (Lipinski definition) is 15. The van der Waals surface area contributed by atoms with Gasteiger partial charge in [-0.3, -0.25) is 0 Å². The highest BCUT2D eigenvalue weighted by atomic mass is 35.5. The second-order valence-corrected chi connectivity index (χ2v) is 20.9. The molecule has 0 heterocycles. The van der Waals surface area contributed by atoms with Gasteiger partial charge in [-0.15, -0.1) is 0 Å². The van der Waals surface area contributed by atoms with Gasteiger partial charge in [0.25, 0.3) is 0 Å². The number of hydrogen-bond donors (Lipinski definition) is 10. The van der Waals surface area contributed by atoms with Crippen molar-refractivity contribution in [3.63, 3.8) is 0 Å². The number of aryl methyl sites for hydroxylation is 6. The molecule has 0 radical (unpaired) electrons. The van der Waals surface area contributed by atoms with E-state index in [-0.39, 0.29) is 44.9 Å². The molecule has 478 valence electrons. The summed E-state index contributed by atoms with van der Waals surface area (Å²) in [4.78, 5) is 0. The predicted octanol–water partition coefficient (Wildman–Crippen LogP) is 9.13. The van der Waals surface area contributed by atoms with E-state index in [0.717, 1.165) is 46.5 Å². The summed E-state index contributed by atoms with van der Waals surface area (Å²) in [6.45, 7) is 11.1. The van der Waals surface area contributed by atoms with E-state index < -0.39 is 64.7 Å². The molecule has 10 aromatic carbocycles. The molecule has 0 aliphatic rings. The summed E-state index contributed by atoms with van der Waals surface area (Å²) in [5.41, 5.74) is 4.99. The number of ether oxygens (including phenoxy) is 5. The summed E-state index contributed by atoms with van der Waals surface area (Å²) in [5, 5.41) is 89.9. The van der Waals surface area contributed by atoms with E-state index in [1.807, 2.05) is 58.0 Å². The van der Waals surface area contributed by atoms with Crippen LogP contribution in [0.15, 0.2) is 194 Å². The molecule has 0 spiro atoms. The highest BCUT2D eigenvalue weighted by molar-refractivity contribution is 6.60. The molecule has 93 heavy (non-hydrogen) atoms. The van der Waals surface area contributed by atoms with Crippen LogP contribution in [-0.4, -0.2) is 85.8 Å². The molecule has 15 nitrogen and oxygen atoms in total. The van der Waals surface area contributed by atoms with Crippen molar-refractivity contribution >= 4 is 74.5 Å². The van der Waals surface area contributed by atoms with Crippen LogP contribution >= 0.6 is 11.6 Å². The normalized spacial score (nSPS) is 10.3. The van der Waals surface area contributed by atoms with Crippen molar-refractivity contribution in [2.45, 2.75) is 41.5 Å². The van der Waals surface area contributed by atoms with Crippen LogP contribution in [0, 0.1) is 76.4 Å². The molecule has 0 aliphatic heterocycles. The Hall–Kier alpha value is -9.01. The number of halogens is 7. The van der Waals surface area contributed by atoms with E-state index in [2.05, 4.69) is 0 Å².